The van der Waals surface area contributed by atoms with Crippen molar-refractivity contribution in [3.8, 4) is 5.75 Å². The molecule has 0 aliphatic carbocycles. The van der Waals surface area contributed by atoms with E-state index in [0.29, 0.717) is 17.9 Å². The number of rotatable bonds is 6. The number of benzene rings is 1. The predicted molar refractivity (Wildman–Crippen MR) is 92.7 cm³/mol. The van der Waals surface area contributed by atoms with Gasteiger partial charge in [0, 0.05) is 19.4 Å². The van der Waals surface area contributed by atoms with E-state index >= 15 is 0 Å². The van der Waals surface area contributed by atoms with Gasteiger partial charge >= 0.3 is 11.4 Å². The van der Waals surface area contributed by atoms with Crippen LogP contribution in [0.3, 0.4) is 0 Å². The number of aromatic nitrogens is 2. The Bertz CT molecular complexity index is 862. The van der Waals surface area contributed by atoms with Gasteiger partial charge in [-0.1, -0.05) is 11.8 Å². The number of nitro benzene ring substituents is 3. The van der Waals surface area contributed by atoms with Gasteiger partial charge in [0.2, 0.25) is 0 Å². The van der Waals surface area contributed by atoms with Crippen molar-refractivity contribution >= 4 is 34.6 Å². The van der Waals surface area contributed by atoms with Crippen LogP contribution in [0.4, 0.5) is 17.1 Å². The molecule has 0 saturated heterocycles. The zero-order valence-corrected chi connectivity index (χ0v) is 14.8. The van der Waals surface area contributed by atoms with Gasteiger partial charge in [0.25, 0.3) is 11.4 Å². The van der Waals surface area contributed by atoms with Gasteiger partial charge in [-0.05, 0) is 6.92 Å². The zero-order chi connectivity index (χ0) is 20.7. The topological polar surface area (TPSA) is 185 Å². The summed E-state index contributed by atoms with van der Waals surface area (Å²) < 4.78 is 1.90. The molecule has 0 unspecified atom stereocenters. The maximum atomic E-state index is 10.6. The molecule has 0 atom stereocenters. The quantitative estimate of drug-likeness (QED) is 0.429. The lowest BCUT2D eigenvalue weighted by molar-refractivity contribution is -0.404. The molecule has 1 heterocycles. The van der Waals surface area contributed by atoms with Crippen molar-refractivity contribution in [3.05, 3.63) is 54.9 Å². The van der Waals surface area contributed by atoms with E-state index in [0.717, 1.165) is 5.16 Å². The lowest BCUT2D eigenvalue weighted by Gasteiger charge is -1.97. The van der Waals surface area contributed by atoms with Gasteiger partial charge in [0.05, 0.1) is 32.7 Å². The van der Waals surface area contributed by atoms with Crippen LogP contribution >= 0.6 is 11.8 Å². The van der Waals surface area contributed by atoms with Gasteiger partial charge in [-0.25, -0.2) is 4.98 Å². The maximum absolute atomic E-state index is 10.6. The van der Waals surface area contributed by atoms with Crippen LogP contribution in [0, 0.1) is 30.3 Å². The number of phenolic OH excluding ortho intramolecular Hbond substituents is 1. The molecular formula is C13H13N5O8S. The minimum atomic E-state index is -1.21. The number of nitrogens with zero attached hydrogens (tertiary/aromatic N) is 5. The third-order valence-electron chi connectivity index (χ3n) is 2.84. The molecule has 14 heteroatoms. The minimum Gasteiger partial charge on any atom is -0.497 e. The normalized spacial score (nSPS) is 9.85. The highest BCUT2D eigenvalue weighted by Gasteiger charge is 2.30. The highest BCUT2D eigenvalue weighted by Crippen LogP contribution is 2.38. The number of phenols is 1. The summed E-state index contributed by atoms with van der Waals surface area (Å²) in [6.07, 6.45) is 3.59. The van der Waals surface area contributed by atoms with E-state index in [2.05, 4.69) is 4.98 Å². The average molecular weight is 399 g/mol. The van der Waals surface area contributed by atoms with E-state index in [1.54, 1.807) is 13.1 Å². The number of hydrogen-bond donors (Lipinski definition) is 1. The van der Waals surface area contributed by atoms with Crippen molar-refractivity contribution in [2.45, 2.75) is 12.1 Å². The Kier molecular flexibility index (Phi) is 7.35. The molecule has 13 nitrogen and oxygen atoms in total. The number of imidazole rings is 1. The molecule has 0 aliphatic heterocycles. The van der Waals surface area contributed by atoms with E-state index in [4.69, 9.17) is 5.11 Å². The number of nitro groups is 3. The molecule has 0 spiro atoms. The number of carbonyl (C=O) groups excluding carboxylic acids is 1. The number of non-ortho nitro benzene ring substituents is 1. The smallest absolute Gasteiger partial charge is 0.324 e. The van der Waals surface area contributed by atoms with E-state index in [-0.39, 0.29) is 5.78 Å². The molecule has 2 aromatic rings. The van der Waals surface area contributed by atoms with Crippen molar-refractivity contribution in [2.24, 2.45) is 7.05 Å². The lowest BCUT2D eigenvalue weighted by atomic mass is 10.2. The van der Waals surface area contributed by atoms with Crippen LogP contribution in [0.25, 0.3) is 0 Å². The number of aryl methyl sites for hydroxylation is 1. The standard InChI is InChI=1S/C7H10N2OS.C6H3N3O7/c1-6(10)5-11-7-8-3-4-9(7)2;10-6-4(8(13)14)1-3(7(11)12)2-5(6)9(15)16/h3-4H,5H2,1-2H3;1-2,10H. The molecule has 1 N–H and O–H groups in total. The predicted octanol–water partition coefficient (Wildman–Crippen LogP) is 2.22. The van der Waals surface area contributed by atoms with Gasteiger partial charge in [-0.3, -0.25) is 35.1 Å². The first-order valence-corrected chi connectivity index (χ1v) is 7.92. The summed E-state index contributed by atoms with van der Waals surface area (Å²) in [4.78, 5) is 42.4. The number of hydrogen-bond acceptors (Lipinski definition) is 10. The second-order valence-corrected chi connectivity index (χ2v) is 5.86. The Morgan fingerprint density at radius 2 is 1.67 bits per heavy atom. The van der Waals surface area contributed by atoms with Gasteiger partial charge in [0.1, 0.15) is 5.78 Å². The van der Waals surface area contributed by atoms with Crippen molar-refractivity contribution in [2.75, 3.05) is 5.75 Å². The van der Waals surface area contributed by atoms with Gasteiger partial charge in [0.15, 0.2) is 5.16 Å². The number of ketones is 1. The first kappa shape index (κ1) is 21.5. The van der Waals surface area contributed by atoms with Crippen LogP contribution in [-0.4, -0.2) is 41.0 Å². The molecule has 1 aromatic heterocycles. The number of thioether (sulfide) groups is 1. The molecule has 0 saturated carbocycles. The lowest BCUT2D eigenvalue weighted by Crippen LogP contribution is -1.97. The Balaban J connectivity index is 0.000000289. The summed E-state index contributed by atoms with van der Waals surface area (Å²) in [7, 11) is 1.91. The molecular weight excluding hydrogens is 386 g/mol. The summed E-state index contributed by atoms with van der Waals surface area (Å²) in [5.41, 5.74) is -3.00. The van der Waals surface area contributed by atoms with Gasteiger partial charge in [-0.15, -0.1) is 0 Å². The van der Waals surface area contributed by atoms with Crippen molar-refractivity contribution in [1.82, 2.24) is 9.55 Å². The SMILES string of the molecule is CC(=O)CSc1nccn1C.O=[N+]([O-])c1cc([N+](=O)[O-])c(O)c([N+](=O)[O-])c1. The summed E-state index contributed by atoms with van der Waals surface area (Å²) in [6, 6.07) is 0.894. The number of aromatic hydroxyl groups is 1. The average Bonchev–Trinajstić information content (AvgIpc) is 2.98. The third-order valence-corrected chi connectivity index (χ3v) is 4.04. The van der Waals surface area contributed by atoms with E-state index < -0.39 is 37.6 Å². The molecule has 0 aliphatic rings. The molecule has 0 radical (unpaired) electrons. The second-order valence-electron chi connectivity index (χ2n) is 4.92. The molecule has 0 amide bonds. The third kappa shape index (κ3) is 6.03. The van der Waals surface area contributed by atoms with Crippen LogP contribution < -0.4 is 0 Å². The molecule has 144 valence electrons. The summed E-state index contributed by atoms with van der Waals surface area (Å²) in [6.45, 7) is 1.58. The molecule has 0 bridgehead atoms. The first-order valence-electron chi connectivity index (χ1n) is 6.94. The summed E-state index contributed by atoms with van der Waals surface area (Å²) in [5, 5.41) is 41.1. The Morgan fingerprint density at radius 1 is 1.15 bits per heavy atom. The molecule has 2 rings (SSSR count). The highest BCUT2D eigenvalue weighted by atomic mass is 32.2. The highest BCUT2D eigenvalue weighted by molar-refractivity contribution is 7.99. The van der Waals surface area contributed by atoms with Gasteiger partial charge < -0.3 is 9.67 Å². The fraction of sp³-hybridized carbons (Fsp3) is 0.231. The fourth-order valence-electron chi connectivity index (χ4n) is 1.63. The Hall–Kier alpha value is -3.55. The molecule has 1 aromatic carbocycles. The van der Waals surface area contributed by atoms with Crippen molar-refractivity contribution in [1.29, 1.82) is 0 Å². The first-order chi connectivity index (χ1) is 12.5. The van der Waals surface area contributed by atoms with Crippen LogP contribution in [-0.2, 0) is 11.8 Å². The van der Waals surface area contributed by atoms with Crippen LogP contribution in [0.15, 0.2) is 29.7 Å². The summed E-state index contributed by atoms with van der Waals surface area (Å²) in [5.74, 6) is -0.524. The fourth-order valence-corrected chi connectivity index (χ4v) is 2.36. The van der Waals surface area contributed by atoms with Crippen LogP contribution in [0.5, 0.6) is 5.75 Å². The zero-order valence-electron chi connectivity index (χ0n) is 14.0. The monoisotopic (exact) mass is 399 g/mol. The maximum Gasteiger partial charge on any atom is 0.324 e. The van der Waals surface area contributed by atoms with E-state index in [9.17, 15) is 35.1 Å². The van der Waals surface area contributed by atoms with E-state index in [1.807, 2.05) is 17.8 Å². The van der Waals surface area contributed by atoms with Crippen LogP contribution in [0.2, 0.25) is 0 Å². The largest absolute Gasteiger partial charge is 0.497 e. The van der Waals surface area contributed by atoms with Crippen molar-refractivity contribution in [3.63, 3.8) is 0 Å². The summed E-state index contributed by atoms with van der Waals surface area (Å²) >= 11 is 1.46. The van der Waals surface area contributed by atoms with E-state index in [1.165, 1.54) is 11.8 Å². The Labute approximate surface area is 155 Å². The molecule has 0 fully saturated rings. The number of carbonyl (C=O) groups is 1. The Morgan fingerprint density at radius 3 is 2.00 bits per heavy atom. The number of Topliss-reactive ketones (excluding diaryl/α,β-unsaturated/α-hetero) is 1. The minimum absolute atomic E-state index is 0.179. The van der Waals surface area contributed by atoms with Crippen LogP contribution in [0.1, 0.15) is 6.92 Å². The molecule has 27 heavy (non-hydrogen) atoms. The van der Waals surface area contributed by atoms with Gasteiger partial charge in [-0.2, -0.15) is 0 Å². The second kappa shape index (κ2) is 9.23. The van der Waals surface area contributed by atoms with Crippen molar-refractivity contribution < 1.29 is 24.7 Å².